The van der Waals surface area contributed by atoms with Crippen LogP contribution in [0.25, 0.3) is 0 Å². The smallest absolute Gasteiger partial charge is 0.258 e. The second-order valence-corrected chi connectivity index (χ2v) is 24.8. The maximum Gasteiger partial charge on any atom is 0.258 e. The molecule has 0 fully saturated rings. The summed E-state index contributed by atoms with van der Waals surface area (Å²) in [6, 6.07) is 7.06. The lowest BCUT2D eigenvalue weighted by atomic mass is 9.96. The van der Waals surface area contributed by atoms with Gasteiger partial charge in [0, 0.05) is 24.0 Å². The fraction of sp³-hybridized carbons (Fsp3) is 0.629. The first kappa shape index (κ1) is 36.2. The standard InChI is InChI=1S/C35H56F2O3Si2/c1-21(2)41(22(3)4,23(5)6)39-32-17-15-27(13)30(34(32)36)19-29(38)20-31-28(14)16-18-33(35(31)37)40-42(24(7)8,25(9)10)26(11)12/h15-18,21-26H,19-20H2,1-14H3. The molecule has 0 saturated carbocycles. The first-order valence-electron chi connectivity index (χ1n) is 15.8. The Hall–Kier alpha value is -2.00. The molecule has 0 amide bonds. The Labute approximate surface area is 257 Å². The van der Waals surface area contributed by atoms with Crippen molar-refractivity contribution in [1.82, 2.24) is 0 Å². The number of hydrogen-bond acceptors (Lipinski definition) is 3. The molecule has 0 unspecified atom stereocenters. The van der Waals surface area contributed by atoms with Crippen LogP contribution in [0.3, 0.4) is 0 Å². The summed E-state index contributed by atoms with van der Waals surface area (Å²) >= 11 is 0. The van der Waals surface area contributed by atoms with Gasteiger partial charge in [0.15, 0.2) is 11.6 Å². The molecule has 0 aromatic heterocycles. The second-order valence-electron chi connectivity index (χ2n) is 14.1. The van der Waals surface area contributed by atoms with Gasteiger partial charge in [-0.2, -0.15) is 0 Å². The number of rotatable bonds is 14. The van der Waals surface area contributed by atoms with Gasteiger partial charge in [-0.1, -0.05) is 95.2 Å². The third kappa shape index (κ3) is 7.04. The van der Waals surface area contributed by atoms with Crippen molar-refractivity contribution in [2.75, 3.05) is 0 Å². The average Bonchev–Trinajstić information content (AvgIpc) is 2.86. The van der Waals surface area contributed by atoms with E-state index in [1.165, 1.54) is 0 Å². The second kappa shape index (κ2) is 14.2. The van der Waals surface area contributed by atoms with E-state index in [4.69, 9.17) is 8.85 Å². The third-order valence-electron chi connectivity index (χ3n) is 9.62. The number of hydrogen-bond donors (Lipinski definition) is 0. The Morgan fingerprint density at radius 3 is 1.07 bits per heavy atom. The van der Waals surface area contributed by atoms with Crippen molar-refractivity contribution < 1.29 is 22.4 Å². The van der Waals surface area contributed by atoms with Crippen LogP contribution in [-0.2, 0) is 17.6 Å². The highest BCUT2D eigenvalue weighted by atomic mass is 28.4. The lowest BCUT2D eigenvalue weighted by Crippen LogP contribution is -2.51. The van der Waals surface area contributed by atoms with Gasteiger partial charge in [-0.05, 0) is 70.4 Å². The molecule has 3 nitrogen and oxygen atoms in total. The average molecular weight is 619 g/mol. The van der Waals surface area contributed by atoms with E-state index in [1.54, 1.807) is 12.1 Å². The quantitative estimate of drug-likeness (QED) is 0.198. The molecule has 7 heteroatoms. The van der Waals surface area contributed by atoms with E-state index < -0.39 is 28.3 Å². The van der Waals surface area contributed by atoms with Crippen molar-refractivity contribution in [3.05, 3.63) is 58.2 Å². The molecule has 0 aliphatic heterocycles. The number of ketones is 1. The van der Waals surface area contributed by atoms with Gasteiger partial charge in [0.1, 0.15) is 17.3 Å². The van der Waals surface area contributed by atoms with E-state index in [-0.39, 0.29) is 63.4 Å². The summed E-state index contributed by atoms with van der Waals surface area (Å²) in [6.45, 7) is 29.5. The van der Waals surface area contributed by atoms with Gasteiger partial charge in [0.2, 0.25) is 0 Å². The highest BCUT2D eigenvalue weighted by Crippen LogP contribution is 2.45. The zero-order chi connectivity index (χ0) is 32.3. The van der Waals surface area contributed by atoms with E-state index in [9.17, 15) is 4.79 Å². The van der Waals surface area contributed by atoms with Gasteiger partial charge in [0.05, 0.1) is 0 Å². The molecule has 0 atom stereocenters. The van der Waals surface area contributed by atoms with E-state index in [0.29, 0.717) is 22.3 Å². The maximum absolute atomic E-state index is 16.0. The predicted octanol–water partition coefficient (Wildman–Crippen LogP) is 11.0. The summed E-state index contributed by atoms with van der Waals surface area (Å²) in [4.78, 5) is 13.4. The van der Waals surface area contributed by atoms with Gasteiger partial charge in [-0.15, -0.1) is 0 Å². The lowest BCUT2D eigenvalue weighted by molar-refractivity contribution is -0.117. The largest absolute Gasteiger partial charge is 0.541 e. The topological polar surface area (TPSA) is 35.5 Å². The van der Waals surface area contributed by atoms with E-state index >= 15 is 8.78 Å². The molecule has 0 N–H and O–H groups in total. The number of aryl methyl sites for hydroxylation is 2. The summed E-state index contributed by atoms with van der Waals surface area (Å²) in [5.41, 5.74) is 3.74. The zero-order valence-corrected chi connectivity index (χ0v) is 30.7. The molecular weight excluding hydrogens is 563 g/mol. The van der Waals surface area contributed by atoms with Crippen LogP contribution in [0.15, 0.2) is 24.3 Å². The molecule has 0 saturated heterocycles. The molecule has 0 bridgehead atoms. The number of carbonyl (C=O) groups is 1. The Kier molecular flexibility index (Phi) is 12.2. The van der Waals surface area contributed by atoms with Crippen LogP contribution in [0, 0.1) is 25.5 Å². The van der Waals surface area contributed by atoms with E-state index in [2.05, 4.69) is 83.1 Å². The van der Waals surface area contributed by atoms with Crippen LogP contribution < -0.4 is 8.85 Å². The number of benzene rings is 2. The van der Waals surface area contributed by atoms with Gasteiger partial charge in [0.25, 0.3) is 16.6 Å². The van der Waals surface area contributed by atoms with Crippen molar-refractivity contribution in [3.8, 4) is 11.5 Å². The van der Waals surface area contributed by atoms with E-state index in [0.717, 1.165) is 0 Å². The molecule has 0 spiro atoms. The van der Waals surface area contributed by atoms with Gasteiger partial charge in [-0.25, -0.2) is 8.78 Å². The summed E-state index contributed by atoms with van der Waals surface area (Å²) in [5.74, 6) is -0.743. The number of carbonyl (C=O) groups excluding carboxylic acids is 1. The highest BCUT2D eigenvalue weighted by molar-refractivity contribution is 6.78. The van der Waals surface area contributed by atoms with E-state index in [1.807, 2.05) is 26.0 Å². The fourth-order valence-corrected chi connectivity index (χ4v) is 18.0. The Morgan fingerprint density at radius 1 is 0.571 bits per heavy atom. The predicted molar refractivity (Wildman–Crippen MR) is 178 cm³/mol. The third-order valence-corrected chi connectivity index (χ3v) is 21.6. The molecule has 2 aromatic carbocycles. The van der Waals surface area contributed by atoms with Gasteiger partial charge >= 0.3 is 0 Å². The fourth-order valence-electron chi connectivity index (χ4n) is 7.53. The van der Waals surface area contributed by atoms with Crippen molar-refractivity contribution in [2.45, 2.75) is 143 Å². The molecule has 0 aliphatic carbocycles. The summed E-state index contributed by atoms with van der Waals surface area (Å²) in [7, 11) is -4.78. The number of Topliss-reactive ketones (excluding diaryl/α,β-unsaturated/α-hetero) is 1. The maximum atomic E-state index is 16.0. The number of halogens is 2. The normalized spacial score (nSPS) is 12.9. The van der Waals surface area contributed by atoms with Crippen LogP contribution in [-0.4, -0.2) is 22.4 Å². The minimum absolute atomic E-state index is 0.124. The molecule has 42 heavy (non-hydrogen) atoms. The molecule has 2 rings (SSSR count). The monoisotopic (exact) mass is 618 g/mol. The highest BCUT2D eigenvalue weighted by Gasteiger charge is 2.48. The molecule has 236 valence electrons. The van der Waals surface area contributed by atoms with Crippen LogP contribution in [0.4, 0.5) is 8.78 Å². The summed E-state index contributed by atoms with van der Waals surface area (Å²) in [5, 5.41) is 0. The first-order chi connectivity index (χ1) is 19.3. The Balaban J connectivity index is 2.44. The Bertz CT molecular complexity index is 1100. The minimum Gasteiger partial charge on any atom is -0.541 e. The van der Waals surface area contributed by atoms with Crippen molar-refractivity contribution in [3.63, 3.8) is 0 Å². The molecule has 0 radical (unpaired) electrons. The van der Waals surface area contributed by atoms with Crippen LogP contribution in [0.1, 0.15) is 105 Å². The summed E-state index contributed by atoms with van der Waals surface area (Å²) < 4.78 is 45.4. The van der Waals surface area contributed by atoms with Gasteiger partial charge < -0.3 is 8.85 Å². The van der Waals surface area contributed by atoms with Crippen LogP contribution in [0.5, 0.6) is 11.5 Å². The molecule has 0 heterocycles. The Morgan fingerprint density at radius 2 is 0.833 bits per heavy atom. The minimum atomic E-state index is -2.39. The molecule has 2 aromatic rings. The zero-order valence-electron chi connectivity index (χ0n) is 28.7. The van der Waals surface area contributed by atoms with Crippen molar-refractivity contribution >= 4 is 22.4 Å². The lowest BCUT2D eigenvalue weighted by Gasteiger charge is -2.42. The van der Waals surface area contributed by atoms with Crippen molar-refractivity contribution in [1.29, 1.82) is 0 Å². The first-order valence-corrected chi connectivity index (χ1v) is 20.1. The van der Waals surface area contributed by atoms with Crippen LogP contribution >= 0.6 is 0 Å². The SMILES string of the molecule is Cc1ccc(O[Si](C(C)C)(C(C)C)C(C)C)c(F)c1CC(=O)Cc1c(C)ccc(O[Si](C(C)C)(C(C)C)C(C)C)c1F. The summed E-state index contributed by atoms with van der Waals surface area (Å²) in [6.07, 6.45) is -0.248. The van der Waals surface area contributed by atoms with Crippen LogP contribution in [0.2, 0.25) is 33.2 Å². The molecular formula is C35H56F2O3Si2. The molecule has 0 aliphatic rings. The van der Waals surface area contributed by atoms with Crippen molar-refractivity contribution in [2.24, 2.45) is 0 Å². The van der Waals surface area contributed by atoms with Gasteiger partial charge in [-0.3, -0.25) is 4.79 Å².